The van der Waals surface area contributed by atoms with Crippen molar-refractivity contribution < 1.29 is 123 Å². The summed E-state index contributed by atoms with van der Waals surface area (Å²) in [6.07, 6.45) is 4.19. The van der Waals surface area contributed by atoms with Gasteiger partial charge in [0.05, 0.1) is 11.9 Å². The van der Waals surface area contributed by atoms with E-state index < -0.39 is 17.9 Å². The van der Waals surface area contributed by atoms with Crippen LogP contribution in [0.5, 0.6) is 0 Å². The monoisotopic (exact) mass is 262 g/mol. The maximum atomic E-state index is 10.5. The molecule has 1 rings (SSSR count). The quantitative estimate of drug-likeness (QED) is 0.374. The molecule has 0 amide bonds. The fourth-order valence-electron chi connectivity index (χ4n) is 1.95. The van der Waals surface area contributed by atoms with Crippen LogP contribution >= 0.6 is 0 Å². The van der Waals surface area contributed by atoms with Crippen molar-refractivity contribution >= 4 is 11.9 Å². The Kier molecular flexibility index (Phi) is 13.2. The van der Waals surface area contributed by atoms with Gasteiger partial charge in [-0.25, -0.2) is 0 Å². The van der Waals surface area contributed by atoms with Crippen molar-refractivity contribution in [3.05, 3.63) is 0 Å². The standard InChI is InChI=1S/C9H14O4.2K/c10-8(11)7(9(12)13)6-4-2-1-3-5-6;;/h6-7H,1-5H2,(H,10,11)(H,12,13);;/q;2*+1/p-2. The largest absolute Gasteiger partial charge is 1.00 e. The molecule has 6 heteroatoms. The summed E-state index contributed by atoms with van der Waals surface area (Å²) >= 11 is 0. The van der Waals surface area contributed by atoms with Gasteiger partial charge < -0.3 is 19.8 Å². The third-order valence-electron chi connectivity index (χ3n) is 2.63. The van der Waals surface area contributed by atoms with Crippen LogP contribution in [0, 0.1) is 11.8 Å². The van der Waals surface area contributed by atoms with Gasteiger partial charge in [-0.15, -0.1) is 0 Å². The number of carbonyl (C=O) groups excluding carboxylic acids is 2. The summed E-state index contributed by atoms with van der Waals surface area (Å²) in [6, 6.07) is 0. The molecular weight excluding hydrogens is 250 g/mol. The van der Waals surface area contributed by atoms with E-state index in [2.05, 4.69) is 0 Å². The van der Waals surface area contributed by atoms with Crippen LogP contribution in [0.3, 0.4) is 0 Å². The Morgan fingerprint density at radius 3 is 1.67 bits per heavy atom. The van der Waals surface area contributed by atoms with Gasteiger partial charge in [0.1, 0.15) is 0 Å². The Labute approximate surface area is 174 Å². The van der Waals surface area contributed by atoms with Crippen molar-refractivity contribution in [1.82, 2.24) is 0 Å². The smallest absolute Gasteiger partial charge is 0.549 e. The van der Waals surface area contributed by atoms with Crippen LogP contribution < -0.4 is 113 Å². The average Bonchev–Trinajstić information content (AvgIpc) is 2.04. The molecule has 4 nitrogen and oxygen atoms in total. The van der Waals surface area contributed by atoms with E-state index in [1.807, 2.05) is 0 Å². The van der Waals surface area contributed by atoms with Crippen LogP contribution in [0.1, 0.15) is 32.1 Å². The molecule has 0 aromatic carbocycles. The Morgan fingerprint density at radius 2 is 1.33 bits per heavy atom. The van der Waals surface area contributed by atoms with Crippen LogP contribution in [0.25, 0.3) is 0 Å². The minimum atomic E-state index is -1.51. The first kappa shape index (κ1) is 19.6. The molecule has 74 valence electrons. The SMILES string of the molecule is O=C([O-])C(C(=O)[O-])C1CCCCC1.[K+].[K+]. The van der Waals surface area contributed by atoms with Gasteiger partial charge in [0.15, 0.2) is 0 Å². The Hall–Kier alpha value is 2.21. The molecule has 15 heavy (non-hydrogen) atoms. The van der Waals surface area contributed by atoms with Gasteiger partial charge in [-0.05, 0) is 18.8 Å². The molecule has 0 radical (unpaired) electrons. The van der Waals surface area contributed by atoms with Crippen molar-refractivity contribution in [2.75, 3.05) is 0 Å². The molecule has 0 unspecified atom stereocenters. The summed E-state index contributed by atoms with van der Waals surface area (Å²) in [5.74, 6) is -4.72. The molecule has 1 saturated carbocycles. The van der Waals surface area contributed by atoms with Crippen LogP contribution in [0.4, 0.5) is 0 Å². The molecule has 0 aromatic rings. The normalized spacial score (nSPS) is 16.3. The van der Waals surface area contributed by atoms with Gasteiger partial charge in [-0.3, -0.25) is 0 Å². The zero-order valence-electron chi connectivity index (χ0n) is 9.32. The van der Waals surface area contributed by atoms with Gasteiger partial charge in [-0.1, -0.05) is 19.3 Å². The van der Waals surface area contributed by atoms with Crippen LogP contribution in [-0.2, 0) is 9.59 Å². The zero-order valence-corrected chi connectivity index (χ0v) is 15.6. The number of carbonyl (C=O) groups is 2. The van der Waals surface area contributed by atoms with E-state index in [-0.39, 0.29) is 109 Å². The summed E-state index contributed by atoms with van der Waals surface area (Å²) < 4.78 is 0. The van der Waals surface area contributed by atoms with E-state index in [0.29, 0.717) is 12.8 Å². The number of aliphatic carboxylic acids is 2. The number of carboxylic acid groups (broad SMARTS) is 2. The fraction of sp³-hybridized carbons (Fsp3) is 0.778. The van der Waals surface area contributed by atoms with Crippen molar-refractivity contribution in [1.29, 1.82) is 0 Å². The third kappa shape index (κ3) is 6.64. The molecule has 0 bridgehead atoms. The summed E-state index contributed by atoms with van der Waals surface area (Å²) in [5, 5.41) is 21.0. The van der Waals surface area contributed by atoms with E-state index >= 15 is 0 Å². The van der Waals surface area contributed by atoms with Gasteiger partial charge in [0.2, 0.25) is 0 Å². The molecule has 1 fully saturated rings. The third-order valence-corrected chi connectivity index (χ3v) is 2.63. The van der Waals surface area contributed by atoms with Crippen LogP contribution in [-0.4, -0.2) is 11.9 Å². The molecule has 0 atom stereocenters. The van der Waals surface area contributed by atoms with Crippen molar-refractivity contribution in [2.24, 2.45) is 11.8 Å². The Bertz CT molecular complexity index is 200. The second-order valence-corrected chi connectivity index (χ2v) is 3.51. The van der Waals surface area contributed by atoms with Crippen LogP contribution in [0.15, 0.2) is 0 Å². The maximum Gasteiger partial charge on any atom is 1.00 e. The van der Waals surface area contributed by atoms with Gasteiger partial charge in [-0.2, -0.15) is 0 Å². The van der Waals surface area contributed by atoms with E-state index in [0.717, 1.165) is 19.3 Å². The molecule has 0 heterocycles. The fourth-order valence-corrected chi connectivity index (χ4v) is 1.95. The predicted octanol–water partition coefficient (Wildman–Crippen LogP) is -7.31. The topological polar surface area (TPSA) is 80.3 Å². The van der Waals surface area contributed by atoms with Crippen molar-refractivity contribution in [3.63, 3.8) is 0 Å². The number of rotatable bonds is 3. The summed E-state index contributed by atoms with van der Waals surface area (Å²) in [5.41, 5.74) is 0. The number of hydrogen-bond donors (Lipinski definition) is 0. The molecule has 0 spiro atoms. The zero-order chi connectivity index (χ0) is 9.84. The minimum Gasteiger partial charge on any atom is -0.549 e. The van der Waals surface area contributed by atoms with Crippen molar-refractivity contribution in [3.8, 4) is 0 Å². The first-order valence-corrected chi connectivity index (χ1v) is 4.54. The maximum absolute atomic E-state index is 10.5. The summed E-state index contributed by atoms with van der Waals surface area (Å²) in [7, 11) is 0. The summed E-state index contributed by atoms with van der Waals surface area (Å²) in [6.45, 7) is 0. The molecular formula is C9H12K2O4. The summed E-state index contributed by atoms with van der Waals surface area (Å²) in [4.78, 5) is 21.0. The minimum absolute atomic E-state index is 0. The van der Waals surface area contributed by atoms with Gasteiger partial charge >= 0.3 is 103 Å². The number of hydrogen-bond acceptors (Lipinski definition) is 4. The van der Waals surface area contributed by atoms with E-state index in [9.17, 15) is 19.8 Å². The average molecular weight is 262 g/mol. The number of carboxylic acids is 2. The van der Waals surface area contributed by atoms with E-state index in [4.69, 9.17) is 0 Å². The molecule has 1 aliphatic carbocycles. The molecule has 0 N–H and O–H groups in total. The van der Waals surface area contributed by atoms with Gasteiger partial charge in [0, 0.05) is 5.92 Å². The Balaban J connectivity index is 0. The van der Waals surface area contributed by atoms with Crippen LogP contribution in [0.2, 0.25) is 0 Å². The van der Waals surface area contributed by atoms with Gasteiger partial charge in [0.25, 0.3) is 0 Å². The molecule has 0 saturated heterocycles. The van der Waals surface area contributed by atoms with Crippen molar-refractivity contribution in [2.45, 2.75) is 32.1 Å². The molecule has 1 aliphatic rings. The first-order valence-electron chi connectivity index (χ1n) is 4.54. The first-order chi connectivity index (χ1) is 6.13. The second kappa shape index (κ2) is 10.2. The van der Waals surface area contributed by atoms with E-state index in [1.54, 1.807) is 0 Å². The molecule has 0 aromatic heterocycles. The predicted molar refractivity (Wildman–Crippen MR) is 40.1 cm³/mol. The molecule has 0 aliphatic heterocycles. The Morgan fingerprint density at radius 1 is 0.933 bits per heavy atom. The second-order valence-electron chi connectivity index (χ2n) is 3.51. The van der Waals surface area contributed by atoms with E-state index in [1.165, 1.54) is 0 Å².